The molecule has 0 aromatic carbocycles. The highest BCUT2D eigenvalue weighted by molar-refractivity contribution is 7.13. The quantitative estimate of drug-likeness (QED) is 0.830. The van der Waals surface area contributed by atoms with Gasteiger partial charge in [0.15, 0.2) is 5.01 Å². The van der Waals surface area contributed by atoms with Crippen LogP contribution in [0.4, 0.5) is 0 Å². The van der Waals surface area contributed by atoms with Crippen LogP contribution in [0.25, 0.3) is 0 Å². The van der Waals surface area contributed by atoms with E-state index in [-0.39, 0.29) is 11.8 Å². The molecule has 0 saturated carbocycles. The lowest BCUT2D eigenvalue weighted by Gasteiger charge is -2.21. The second kappa shape index (κ2) is 7.90. The van der Waals surface area contributed by atoms with E-state index in [9.17, 15) is 9.59 Å². The van der Waals surface area contributed by atoms with Gasteiger partial charge in [0.05, 0.1) is 5.69 Å². The summed E-state index contributed by atoms with van der Waals surface area (Å²) in [4.78, 5) is 34.1. The molecule has 0 atom stereocenters. The number of carbonyl (C=O) groups is 2. The molecule has 0 radical (unpaired) electrons. The number of fused-ring (bicyclic) bond motifs is 1. The van der Waals surface area contributed by atoms with Crippen molar-refractivity contribution in [1.29, 1.82) is 0 Å². The first-order chi connectivity index (χ1) is 11.0. The lowest BCUT2D eigenvalue weighted by atomic mass is 10.1. The predicted molar refractivity (Wildman–Crippen MR) is 92.8 cm³/mol. The third kappa shape index (κ3) is 4.31. The molecule has 0 bridgehead atoms. The Kier molecular flexibility index (Phi) is 6.16. The van der Waals surface area contributed by atoms with E-state index < -0.39 is 0 Å². The molecule has 1 aliphatic heterocycles. The first-order valence-corrected chi connectivity index (χ1v) is 9.33. The lowest BCUT2D eigenvalue weighted by Crippen LogP contribution is -2.34. The van der Waals surface area contributed by atoms with Crippen molar-refractivity contribution in [2.45, 2.75) is 47.0 Å². The number of nitrogens with zero attached hydrogens (tertiary/aromatic N) is 3. The Balaban J connectivity index is 2.05. The van der Waals surface area contributed by atoms with Crippen molar-refractivity contribution in [3.8, 4) is 0 Å². The third-order valence-corrected chi connectivity index (χ3v) is 5.32. The summed E-state index contributed by atoms with van der Waals surface area (Å²) < 4.78 is 0. The Labute approximate surface area is 142 Å². The van der Waals surface area contributed by atoms with Gasteiger partial charge in [-0.3, -0.25) is 9.59 Å². The molecule has 6 heteroatoms. The zero-order chi connectivity index (χ0) is 17.0. The maximum atomic E-state index is 12.4. The minimum Gasteiger partial charge on any atom is -0.342 e. The van der Waals surface area contributed by atoms with Crippen molar-refractivity contribution < 1.29 is 9.59 Å². The number of thiazole rings is 1. The van der Waals surface area contributed by atoms with Crippen LogP contribution in [0.15, 0.2) is 0 Å². The second-order valence-corrected chi connectivity index (χ2v) is 7.43. The molecule has 5 nitrogen and oxygen atoms in total. The van der Waals surface area contributed by atoms with Crippen LogP contribution in [0.2, 0.25) is 0 Å². The lowest BCUT2D eigenvalue weighted by molar-refractivity contribution is -0.131. The minimum absolute atomic E-state index is 0.0285. The summed E-state index contributed by atoms with van der Waals surface area (Å²) in [6.07, 6.45) is 2.16. The number of aromatic nitrogens is 1. The monoisotopic (exact) mass is 337 g/mol. The van der Waals surface area contributed by atoms with Gasteiger partial charge in [-0.2, -0.15) is 0 Å². The summed E-state index contributed by atoms with van der Waals surface area (Å²) in [6.45, 7) is 11.0. The number of rotatable bonds is 5. The van der Waals surface area contributed by atoms with Crippen LogP contribution >= 0.6 is 11.3 Å². The van der Waals surface area contributed by atoms with Crippen LogP contribution in [0.3, 0.4) is 0 Å². The van der Waals surface area contributed by atoms with Gasteiger partial charge < -0.3 is 9.80 Å². The van der Waals surface area contributed by atoms with Gasteiger partial charge in [-0.05, 0) is 19.8 Å². The van der Waals surface area contributed by atoms with Crippen LogP contribution in [-0.2, 0) is 17.6 Å². The summed E-state index contributed by atoms with van der Waals surface area (Å²) in [6, 6.07) is 0. The molecule has 0 N–H and O–H groups in total. The Morgan fingerprint density at radius 3 is 2.48 bits per heavy atom. The number of amides is 2. The maximum Gasteiger partial charge on any atom is 0.282 e. The van der Waals surface area contributed by atoms with Gasteiger partial charge in [-0.25, -0.2) is 4.98 Å². The maximum absolute atomic E-state index is 12.4. The second-order valence-electron chi connectivity index (χ2n) is 6.35. The third-order valence-electron chi connectivity index (χ3n) is 4.17. The van der Waals surface area contributed by atoms with Gasteiger partial charge in [0, 0.05) is 50.3 Å². The van der Waals surface area contributed by atoms with Crippen molar-refractivity contribution in [1.82, 2.24) is 14.8 Å². The molecular formula is C17H27N3O2S. The van der Waals surface area contributed by atoms with Gasteiger partial charge in [-0.1, -0.05) is 13.8 Å². The molecule has 23 heavy (non-hydrogen) atoms. The van der Waals surface area contributed by atoms with Crippen LogP contribution in [0.5, 0.6) is 0 Å². The van der Waals surface area contributed by atoms with E-state index in [2.05, 4.69) is 18.8 Å². The predicted octanol–water partition coefficient (Wildman–Crippen LogP) is 2.60. The average Bonchev–Trinajstić information content (AvgIpc) is 2.81. The molecular weight excluding hydrogens is 310 g/mol. The van der Waals surface area contributed by atoms with Gasteiger partial charge in [0.1, 0.15) is 0 Å². The van der Waals surface area contributed by atoms with E-state index in [1.807, 2.05) is 18.7 Å². The highest BCUT2D eigenvalue weighted by Gasteiger charge is 2.24. The highest BCUT2D eigenvalue weighted by Crippen LogP contribution is 2.24. The SMILES string of the molecule is CCN(CC)C(=O)c1nc2c(s1)CCN(C(=O)CC(C)C)CC2. The fourth-order valence-corrected chi connectivity index (χ4v) is 3.89. The molecule has 2 rings (SSSR count). The Morgan fingerprint density at radius 2 is 1.87 bits per heavy atom. The fourth-order valence-electron chi connectivity index (χ4n) is 2.83. The van der Waals surface area contributed by atoms with Crippen molar-refractivity contribution in [2.24, 2.45) is 5.92 Å². The van der Waals surface area contributed by atoms with Gasteiger partial charge in [0.25, 0.3) is 5.91 Å². The van der Waals surface area contributed by atoms with Crippen LogP contribution in [0, 0.1) is 5.92 Å². The Hall–Kier alpha value is -1.43. The molecule has 128 valence electrons. The number of hydrogen-bond donors (Lipinski definition) is 0. The van der Waals surface area contributed by atoms with Crippen LogP contribution in [-0.4, -0.2) is 52.8 Å². The van der Waals surface area contributed by atoms with E-state index in [0.717, 1.165) is 25.1 Å². The topological polar surface area (TPSA) is 53.5 Å². The van der Waals surface area contributed by atoms with E-state index >= 15 is 0 Å². The van der Waals surface area contributed by atoms with E-state index in [1.165, 1.54) is 16.2 Å². The van der Waals surface area contributed by atoms with E-state index in [0.29, 0.717) is 37.0 Å². The van der Waals surface area contributed by atoms with E-state index in [4.69, 9.17) is 0 Å². The molecule has 1 aliphatic rings. The largest absolute Gasteiger partial charge is 0.342 e. The molecule has 2 heterocycles. The van der Waals surface area contributed by atoms with Gasteiger partial charge in [-0.15, -0.1) is 11.3 Å². The molecule has 1 aromatic rings. The zero-order valence-electron chi connectivity index (χ0n) is 14.6. The Bertz CT molecular complexity index is 539. The summed E-state index contributed by atoms with van der Waals surface area (Å²) in [5.74, 6) is 0.645. The van der Waals surface area contributed by atoms with Gasteiger partial charge >= 0.3 is 0 Å². The summed E-state index contributed by atoms with van der Waals surface area (Å²) in [7, 11) is 0. The Morgan fingerprint density at radius 1 is 1.22 bits per heavy atom. The highest BCUT2D eigenvalue weighted by atomic mass is 32.1. The number of carbonyl (C=O) groups excluding carboxylic acids is 2. The molecule has 0 fully saturated rings. The molecule has 0 spiro atoms. The van der Waals surface area contributed by atoms with Crippen molar-refractivity contribution >= 4 is 23.2 Å². The first kappa shape index (κ1) is 17.9. The molecule has 0 aliphatic carbocycles. The van der Waals surface area contributed by atoms with Crippen LogP contribution < -0.4 is 0 Å². The van der Waals surface area contributed by atoms with Gasteiger partial charge in [0.2, 0.25) is 5.91 Å². The van der Waals surface area contributed by atoms with E-state index in [1.54, 1.807) is 4.90 Å². The fraction of sp³-hybridized carbons (Fsp3) is 0.706. The van der Waals surface area contributed by atoms with Crippen molar-refractivity contribution in [3.63, 3.8) is 0 Å². The van der Waals surface area contributed by atoms with Crippen LogP contribution in [0.1, 0.15) is 54.5 Å². The minimum atomic E-state index is 0.0285. The van der Waals surface area contributed by atoms with Crippen molar-refractivity contribution in [2.75, 3.05) is 26.2 Å². The first-order valence-electron chi connectivity index (χ1n) is 8.51. The average molecular weight is 337 g/mol. The molecule has 0 saturated heterocycles. The molecule has 1 aromatic heterocycles. The zero-order valence-corrected chi connectivity index (χ0v) is 15.4. The molecule has 2 amide bonds. The summed E-state index contributed by atoms with van der Waals surface area (Å²) in [5.41, 5.74) is 1.00. The summed E-state index contributed by atoms with van der Waals surface area (Å²) in [5, 5.41) is 0.598. The standard InChI is InChI=1S/C17H27N3O2S/c1-5-19(6-2)17(22)16-18-13-7-9-20(10-8-14(13)23-16)15(21)11-12(3)4/h12H,5-11H2,1-4H3. The van der Waals surface area contributed by atoms with Crippen molar-refractivity contribution in [3.05, 3.63) is 15.6 Å². The number of hydrogen-bond acceptors (Lipinski definition) is 4. The summed E-state index contributed by atoms with van der Waals surface area (Å²) >= 11 is 1.50. The smallest absolute Gasteiger partial charge is 0.282 e. The normalized spacial score (nSPS) is 14.6. The molecule has 0 unspecified atom stereocenters.